The van der Waals surface area contributed by atoms with Crippen LogP contribution in [0, 0.1) is 0 Å². The molecule has 0 spiro atoms. The molecule has 0 bridgehead atoms. The highest BCUT2D eigenvalue weighted by atomic mass is 16.4. The summed E-state index contributed by atoms with van der Waals surface area (Å²) in [4.78, 5) is 33.8. The minimum absolute atomic E-state index is 0.0801. The number of aliphatic carboxylic acids is 1. The zero-order valence-corrected chi connectivity index (χ0v) is 8.52. The highest BCUT2D eigenvalue weighted by Gasteiger charge is 2.27. The molecule has 1 aliphatic rings. The summed E-state index contributed by atoms with van der Waals surface area (Å²) < 4.78 is 0. The molecular weight excluding hydrogens is 200 g/mol. The zero-order chi connectivity index (χ0) is 11.4. The molecular formula is C9H14N2O4. The van der Waals surface area contributed by atoms with Gasteiger partial charge in [0, 0.05) is 19.5 Å². The minimum Gasteiger partial charge on any atom is -0.481 e. The van der Waals surface area contributed by atoms with Crippen LogP contribution in [-0.2, 0) is 9.59 Å². The largest absolute Gasteiger partial charge is 0.481 e. The maximum absolute atomic E-state index is 11.4. The molecule has 0 aliphatic heterocycles. The molecule has 6 nitrogen and oxygen atoms in total. The van der Waals surface area contributed by atoms with Crippen molar-refractivity contribution < 1.29 is 19.5 Å². The van der Waals surface area contributed by atoms with E-state index in [0.29, 0.717) is 0 Å². The summed E-state index contributed by atoms with van der Waals surface area (Å²) in [5.74, 6) is -1.46. The molecule has 1 fully saturated rings. The second-order valence-electron chi connectivity index (χ2n) is 3.54. The monoisotopic (exact) mass is 214 g/mol. The van der Waals surface area contributed by atoms with Gasteiger partial charge in [0.2, 0.25) is 5.91 Å². The van der Waals surface area contributed by atoms with Gasteiger partial charge in [0.15, 0.2) is 0 Å². The Balaban J connectivity index is 2.43. The molecule has 3 amide bonds. The molecule has 0 aromatic rings. The van der Waals surface area contributed by atoms with Gasteiger partial charge in [-0.3, -0.25) is 14.5 Å². The van der Waals surface area contributed by atoms with Crippen LogP contribution in [0.25, 0.3) is 0 Å². The smallest absolute Gasteiger partial charge is 0.324 e. The molecule has 0 atom stereocenters. The summed E-state index contributed by atoms with van der Waals surface area (Å²) in [7, 11) is 0. The molecule has 1 saturated carbocycles. The summed E-state index contributed by atoms with van der Waals surface area (Å²) in [6, 6.07) is -0.338. The minimum atomic E-state index is -1.03. The van der Waals surface area contributed by atoms with Crippen molar-refractivity contribution in [3.8, 4) is 0 Å². The maximum atomic E-state index is 11.4. The SMILES string of the molecule is CC(=O)N(CCC(=O)O)C(=O)NC1CC1. The summed E-state index contributed by atoms with van der Waals surface area (Å²) in [6.45, 7) is 1.16. The van der Waals surface area contributed by atoms with E-state index in [4.69, 9.17) is 5.11 Å². The molecule has 1 aliphatic carbocycles. The Labute approximate surface area is 87.2 Å². The number of carboxylic acids is 1. The highest BCUT2D eigenvalue weighted by molar-refractivity contribution is 5.93. The molecule has 1 rings (SSSR count). The molecule has 84 valence electrons. The number of amides is 3. The summed E-state index contributed by atoms with van der Waals surface area (Å²) in [5.41, 5.74) is 0. The van der Waals surface area contributed by atoms with Crippen LogP contribution in [0.4, 0.5) is 4.79 Å². The summed E-state index contributed by atoms with van der Waals surface area (Å²) in [6.07, 6.45) is 1.63. The highest BCUT2D eigenvalue weighted by Crippen LogP contribution is 2.18. The van der Waals surface area contributed by atoms with Gasteiger partial charge in [0.05, 0.1) is 6.42 Å². The Kier molecular flexibility index (Phi) is 3.65. The van der Waals surface area contributed by atoms with E-state index in [0.717, 1.165) is 17.7 Å². The standard InChI is InChI=1S/C9H14N2O4/c1-6(12)11(5-4-8(13)14)9(15)10-7-2-3-7/h7H,2-5H2,1H3,(H,10,15)(H,13,14). The lowest BCUT2D eigenvalue weighted by Gasteiger charge is -2.18. The number of urea groups is 1. The molecule has 6 heteroatoms. The van der Waals surface area contributed by atoms with E-state index in [-0.39, 0.29) is 19.0 Å². The molecule has 0 aromatic heterocycles. The summed E-state index contributed by atoms with van der Waals surface area (Å²) >= 11 is 0. The average Bonchev–Trinajstić information content (AvgIpc) is 2.87. The van der Waals surface area contributed by atoms with Crippen molar-refractivity contribution >= 4 is 17.9 Å². The predicted molar refractivity (Wildman–Crippen MR) is 51.2 cm³/mol. The predicted octanol–water partition coefficient (Wildman–Crippen LogP) is 0.182. The lowest BCUT2D eigenvalue weighted by Crippen LogP contribution is -2.44. The van der Waals surface area contributed by atoms with E-state index in [1.54, 1.807) is 0 Å². The van der Waals surface area contributed by atoms with Gasteiger partial charge in [-0.15, -0.1) is 0 Å². The van der Waals surface area contributed by atoms with Crippen LogP contribution in [0.2, 0.25) is 0 Å². The number of hydrogen-bond donors (Lipinski definition) is 2. The fraction of sp³-hybridized carbons (Fsp3) is 0.667. The average molecular weight is 214 g/mol. The Morgan fingerprint density at radius 3 is 2.40 bits per heavy atom. The van der Waals surface area contributed by atoms with Crippen molar-refractivity contribution in [3.63, 3.8) is 0 Å². The molecule has 0 aromatic carbocycles. The summed E-state index contributed by atoms with van der Waals surface area (Å²) in [5, 5.41) is 11.1. The first-order valence-corrected chi connectivity index (χ1v) is 4.81. The van der Waals surface area contributed by atoms with E-state index >= 15 is 0 Å². The number of nitrogens with zero attached hydrogens (tertiary/aromatic N) is 1. The normalized spacial score (nSPS) is 14.5. The van der Waals surface area contributed by atoms with Crippen molar-refractivity contribution in [3.05, 3.63) is 0 Å². The molecule has 2 N–H and O–H groups in total. The molecule has 0 radical (unpaired) electrons. The zero-order valence-electron chi connectivity index (χ0n) is 8.52. The first-order valence-electron chi connectivity index (χ1n) is 4.81. The van der Waals surface area contributed by atoms with Crippen LogP contribution < -0.4 is 5.32 Å². The topological polar surface area (TPSA) is 86.7 Å². The molecule has 15 heavy (non-hydrogen) atoms. The fourth-order valence-electron chi connectivity index (χ4n) is 1.09. The van der Waals surface area contributed by atoms with Gasteiger partial charge in [-0.1, -0.05) is 0 Å². The van der Waals surface area contributed by atoms with E-state index in [1.165, 1.54) is 6.92 Å². The number of carbonyl (C=O) groups excluding carboxylic acids is 2. The number of rotatable bonds is 4. The lowest BCUT2D eigenvalue weighted by molar-refractivity contribution is -0.137. The van der Waals surface area contributed by atoms with Crippen molar-refractivity contribution in [1.29, 1.82) is 0 Å². The van der Waals surface area contributed by atoms with Crippen molar-refractivity contribution in [2.24, 2.45) is 0 Å². The third-order valence-corrected chi connectivity index (χ3v) is 2.08. The Bertz CT molecular complexity index is 286. The maximum Gasteiger partial charge on any atom is 0.324 e. The van der Waals surface area contributed by atoms with Crippen molar-refractivity contribution in [1.82, 2.24) is 10.2 Å². The van der Waals surface area contributed by atoms with Crippen molar-refractivity contribution in [2.75, 3.05) is 6.54 Å². The van der Waals surface area contributed by atoms with Gasteiger partial charge < -0.3 is 10.4 Å². The molecule has 0 unspecified atom stereocenters. The first-order chi connectivity index (χ1) is 7.00. The number of nitrogens with one attached hydrogen (secondary N) is 1. The Hall–Kier alpha value is -1.59. The van der Waals surface area contributed by atoms with Crippen LogP contribution in [-0.4, -0.2) is 40.5 Å². The molecule has 0 saturated heterocycles. The first kappa shape index (κ1) is 11.5. The van der Waals surface area contributed by atoms with Gasteiger partial charge in [-0.05, 0) is 12.8 Å². The second-order valence-corrected chi connectivity index (χ2v) is 3.54. The van der Waals surface area contributed by atoms with Crippen LogP contribution in [0.5, 0.6) is 0 Å². The van der Waals surface area contributed by atoms with Crippen molar-refractivity contribution in [2.45, 2.75) is 32.2 Å². The third kappa shape index (κ3) is 3.97. The van der Waals surface area contributed by atoms with Gasteiger partial charge in [0.25, 0.3) is 0 Å². The van der Waals surface area contributed by atoms with E-state index < -0.39 is 17.9 Å². The third-order valence-electron chi connectivity index (χ3n) is 2.08. The quantitative estimate of drug-likeness (QED) is 0.699. The van der Waals surface area contributed by atoms with Crippen LogP contribution in [0.3, 0.4) is 0 Å². The van der Waals surface area contributed by atoms with Crippen LogP contribution in [0.15, 0.2) is 0 Å². The second kappa shape index (κ2) is 4.77. The Morgan fingerprint density at radius 2 is 2.00 bits per heavy atom. The Morgan fingerprint density at radius 1 is 1.40 bits per heavy atom. The van der Waals surface area contributed by atoms with Gasteiger partial charge in [0.1, 0.15) is 0 Å². The van der Waals surface area contributed by atoms with Gasteiger partial charge in [-0.2, -0.15) is 0 Å². The van der Waals surface area contributed by atoms with E-state index in [9.17, 15) is 14.4 Å². The molecule has 0 heterocycles. The number of imide groups is 1. The number of carboxylic acid groups (broad SMARTS) is 1. The van der Waals surface area contributed by atoms with E-state index in [1.807, 2.05) is 0 Å². The van der Waals surface area contributed by atoms with Crippen LogP contribution in [0.1, 0.15) is 26.2 Å². The van der Waals surface area contributed by atoms with Crippen LogP contribution >= 0.6 is 0 Å². The number of carbonyl (C=O) groups is 3. The lowest BCUT2D eigenvalue weighted by atomic mass is 10.4. The fourth-order valence-corrected chi connectivity index (χ4v) is 1.09. The number of hydrogen-bond acceptors (Lipinski definition) is 3. The van der Waals surface area contributed by atoms with E-state index in [2.05, 4.69) is 5.32 Å². The van der Waals surface area contributed by atoms with Gasteiger partial charge in [-0.25, -0.2) is 4.79 Å². The van der Waals surface area contributed by atoms with Gasteiger partial charge >= 0.3 is 12.0 Å².